The fraction of sp³-hybridized carbons (Fsp3) is 0.400. The lowest BCUT2D eigenvalue weighted by Crippen LogP contribution is -2.41. The third kappa shape index (κ3) is 3.61. The van der Waals surface area contributed by atoms with E-state index in [1.54, 1.807) is 6.07 Å². The first-order valence-electron chi connectivity index (χ1n) is 9.83. The molecule has 0 radical (unpaired) electrons. The highest BCUT2D eigenvalue weighted by Gasteiger charge is 2.42. The van der Waals surface area contributed by atoms with Gasteiger partial charge in [0.05, 0.1) is 16.6 Å². The van der Waals surface area contributed by atoms with Crippen LogP contribution < -0.4 is 15.8 Å². The van der Waals surface area contributed by atoms with Crippen LogP contribution in [0.2, 0.25) is 0 Å². The van der Waals surface area contributed by atoms with Crippen LogP contribution in [0, 0.1) is 39.1 Å². The summed E-state index contributed by atoms with van der Waals surface area (Å²) in [7, 11) is 0. The molecule has 11 heteroatoms. The molecule has 3 heterocycles. The molecule has 1 aromatic carbocycles. The van der Waals surface area contributed by atoms with Crippen molar-refractivity contribution in [3.8, 4) is 6.07 Å². The van der Waals surface area contributed by atoms with Gasteiger partial charge in [-0.2, -0.15) is 10.2 Å². The Labute approximate surface area is 175 Å². The van der Waals surface area contributed by atoms with Crippen molar-refractivity contribution in [3.05, 3.63) is 55.6 Å². The van der Waals surface area contributed by atoms with E-state index in [0.717, 1.165) is 31.0 Å². The molecule has 3 atom stereocenters. The van der Waals surface area contributed by atoms with Crippen LogP contribution in [-0.4, -0.2) is 33.9 Å². The molecule has 1 saturated heterocycles. The molecule has 4 rings (SSSR count). The number of rotatable bonds is 3. The van der Waals surface area contributed by atoms with E-state index < -0.39 is 39.7 Å². The van der Waals surface area contributed by atoms with Gasteiger partial charge in [-0.1, -0.05) is 6.92 Å². The number of nitrogens with one attached hydrogen (secondary N) is 2. The van der Waals surface area contributed by atoms with Gasteiger partial charge in [0.2, 0.25) is 11.9 Å². The number of nitrogens with zero attached hydrogens (tertiary/aromatic N) is 4. The number of halogens is 1. The molecular formula is C20H19FN6O4. The minimum Gasteiger partial charge on any atom is -0.342 e. The second-order valence-corrected chi connectivity index (χ2v) is 7.88. The van der Waals surface area contributed by atoms with Crippen LogP contribution in [0.1, 0.15) is 36.8 Å². The normalized spacial score (nSPS) is 22.9. The van der Waals surface area contributed by atoms with Crippen LogP contribution in [0.3, 0.4) is 0 Å². The Morgan fingerprint density at radius 3 is 2.84 bits per heavy atom. The molecule has 10 nitrogen and oxygen atoms in total. The van der Waals surface area contributed by atoms with Crippen molar-refractivity contribution in [2.75, 3.05) is 23.3 Å². The Hall–Kier alpha value is -3.81. The van der Waals surface area contributed by atoms with Crippen molar-refractivity contribution in [3.63, 3.8) is 0 Å². The zero-order chi connectivity index (χ0) is 22.3. The first-order valence-corrected chi connectivity index (χ1v) is 9.83. The molecule has 2 N–H and O–H groups in total. The Bertz CT molecular complexity index is 1170. The number of carbonyl (C=O) groups excluding carboxylic acids is 1. The topological polar surface area (TPSA) is 145 Å². The number of nitriles is 1. The van der Waals surface area contributed by atoms with Gasteiger partial charge in [0.15, 0.2) is 0 Å². The zero-order valence-electron chi connectivity index (χ0n) is 16.6. The van der Waals surface area contributed by atoms with Gasteiger partial charge in [0.1, 0.15) is 17.6 Å². The fourth-order valence-corrected chi connectivity index (χ4v) is 4.25. The predicted molar refractivity (Wildman–Crippen MR) is 108 cm³/mol. The van der Waals surface area contributed by atoms with Crippen molar-refractivity contribution >= 4 is 23.4 Å². The quantitative estimate of drug-likeness (QED) is 0.566. The number of hydrogen-bond acceptors (Lipinski definition) is 7. The summed E-state index contributed by atoms with van der Waals surface area (Å²) < 4.78 is 14.7. The van der Waals surface area contributed by atoms with Gasteiger partial charge in [0.25, 0.3) is 11.2 Å². The number of aromatic nitrogens is 2. The zero-order valence-corrected chi connectivity index (χ0v) is 16.6. The molecular weight excluding hydrogens is 407 g/mol. The highest BCUT2D eigenvalue weighted by Crippen LogP contribution is 2.40. The van der Waals surface area contributed by atoms with Crippen molar-refractivity contribution in [1.29, 1.82) is 5.26 Å². The van der Waals surface area contributed by atoms with Gasteiger partial charge in [-0.25, -0.2) is 4.39 Å². The lowest BCUT2D eigenvalue weighted by molar-refractivity contribution is -0.385. The highest BCUT2D eigenvalue weighted by molar-refractivity contribution is 5.98. The number of non-ortho nitro benzene ring substituents is 1. The number of piperidine rings is 1. The number of H-pyrrole nitrogens is 1. The van der Waals surface area contributed by atoms with Gasteiger partial charge in [-0.3, -0.25) is 24.7 Å². The van der Waals surface area contributed by atoms with Gasteiger partial charge < -0.3 is 10.2 Å². The van der Waals surface area contributed by atoms with E-state index in [4.69, 9.17) is 0 Å². The molecule has 2 aliphatic rings. The summed E-state index contributed by atoms with van der Waals surface area (Å²) in [4.78, 5) is 45.1. The highest BCUT2D eigenvalue weighted by atomic mass is 19.1. The number of anilines is 2. The molecule has 2 aromatic rings. The molecule has 0 spiro atoms. The van der Waals surface area contributed by atoms with E-state index in [1.807, 2.05) is 4.90 Å². The van der Waals surface area contributed by atoms with Gasteiger partial charge in [0, 0.05) is 36.7 Å². The summed E-state index contributed by atoms with van der Waals surface area (Å²) >= 11 is 0. The van der Waals surface area contributed by atoms with E-state index in [9.17, 15) is 29.4 Å². The summed E-state index contributed by atoms with van der Waals surface area (Å²) in [6, 6.07) is 4.61. The summed E-state index contributed by atoms with van der Waals surface area (Å²) in [6.07, 6.45) is 1.98. The molecule has 0 saturated carbocycles. The maximum absolute atomic E-state index is 14.7. The molecule has 160 valence electrons. The second-order valence-electron chi connectivity index (χ2n) is 7.88. The van der Waals surface area contributed by atoms with Crippen molar-refractivity contribution in [2.45, 2.75) is 25.7 Å². The third-order valence-corrected chi connectivity index (χ3v) is 5.73. The van der Waals surface area contributed by atoms with Crippen LogP contribution in [-0.2, 0) is 4.79 Å². The largest absolute Gasteiger partial charge is 0.342 e. The first kappa shape index (κ1) is 20.5. The number of carbonyl (C=O) groups is 1. The summed E-state index contributed by atoms with van der Waals surface area (Å²) in [5, 5.41) is 23.2. The SMILES string of the molecule is CC1CCCN(c2nc3c(c(=O)[nH]2)C(c2cc([N+](=O)[O-])ccc2F)C(C#N)C(=O)N3)C1. The number of fused-ring (bicyclic) bond motifs is 1. The average Bonchev–Trinajstić information content (AvgIpc) is 2.73. The molecule has 0 bridgehead atoms. The van der Waals surface area contributed by atoms with Crippen molar-refractivity contribution in [1.82, 2.24) is 9.97 Å². The number of aromatic amines is 1. The first-order chi connectivity index (χ1) is 14.8. The molecule has 31 heavy (non-hydrogen) atoms. The van der Waals surface area contributed by atoms with E-state index in [2.05, 4.69) is 22.2 Å². The van der Waals surface area contributed by atoms with E-state index in [0.29, 0.717) is 19.0 Å². The van der Waals surface area contributed by atoms with Crippen LogP contribution in [0.15, 0.2) is 23.0 Å². The van der Waals surface area contributed by atoms with E-state index in [-0.39, 0.29) is 22.9 Å². The van der Waals surface area contributed by atoms with Crippen LogP contribution in [0.5, 0.6) is 0 Å². The van der Waals surface area contributed by atoms with Crippen LogP contribution in [0.4, 0.5) is 21.8 Å². The van der Waals surface area contributed by atoms with E-state index in [1.165, 1.54) is 0 Å². The van der Waals surface area contributed by atoms with Crippen LogP contribution in [0.25, 0.3) is 0 Å². The molecule has 1 amide bonds. The lowest BCUT2D eigenvalue weighted by atomic mass is 9.79. The number of benzene rings is 1. The summed E-state index contributed by atoms with van der Waals surface area (Å²) in [5.41, 5.74) is -1.42. The van der Waals surface area contributed by atoms with Gasteiger partial charge in [-0.05, 0) is 24.8 Å². The molecule has 1 fully saturated rings. The number of hydrogen-bond donors (Lipinski definition) is 2. The Morgan fingerprint density at radius 1 is 1.39 bits per heavy atom. The summed E-state index contributed by atoms with van der Waals surface area (Å²) in [5.74, 6) is -3.77. The van der Waals surface area contributed by atoms with Crippen LogP contribution >= 0.6 is 0 Å². The Morgan fingerprint density at radius 2 is 2.16 bits per heavy atom. The smallest absolute Gasteiger partial charge is 0.269 e. The third-order valence-electron chi connectivity index (χ3n) is 5.73. The van der Waals surface area contributed by atoms with Crippen molar-refractivity contribution in [2.24, 2.45) is 11.8 Å². The van der Waals surface area contributed by atoms with Gasteiger partial charge >= 0.3 is 0 Å². The molecule has 3 unspecified atom stereocenters. The Balaban J connectivity index is 1.88. The second kappa shape index (κ2) is 7.79. The maximum atomic E-state index is 14.7. The van der Waals surface area contributed by atoms with Crippen molar-refractivity contribution < 1.29 is 14.1 Å². The summed E-state index contributed by atoms with van der Waals surface area (Å²) in [6.45, 7) is 3.45. The number of nitro groups is 1. The molecule has 0 aliphatic carbocycles. The minimum atomic E-state index is -1.45. The molecule has 2 aliphatic heterocycles. The number of nitro benzene ring substituents is 1. The standard InChI is InChI=1S/C20H19FN6O4/c1-10-3-2-6-26(9-10)20-24-17-16(19(29)25-20)15(13(8-22)18(28)23-17)12-7-11(27(30)31)4-5-14(12)21/h4-5,7,10,13,15H,2-3,6,9H2,1H3,(H2,23,24,25,28,29). The van der Waals surface area contributed by atoms with Gasteiger partial charge in [-0.15, -0.1) is 0 Å². The number of amides is 1. The predicted octanol–water partition coefficient (Wildman–Crippen LogP) is 2.28. The average molecular weight is 426 g/mol. The lowest BCUT2D eigenvalue weighted by Gasteiger charge is -2.33. The maximum Gasteiger partial charge on any atom is 0.269 e. The Kier molecular flexibility index (Phi) is 5.14. The molecule has 1 aromatic heterocycles. The minimum absolute atomic E-state index is 0.0654. The van der Waals surface area contributed by atoms with E-state index >= 15 is 0 Å². The fourth-order valence-electron chi connectivity index (χ4n) is 4.25. The monoisotopic (exact) mass is 426 g/mol.